The van der Waals surface area contributed by atoms with Gasteiger partial charge in [0.2, 0.25) is 0 Å². The average molecular weight is 356 g/mol. The largest absolute Gasteiger partial charge is 0.496 e. The van der Waals surface area contributed by atoms with E-state index in [9.17, 15) is 0 Å². The van der Waals surface area contributed by atoms with Crippen molar-refractivity contribution >= 4 is 0 Å². The molecule has 0 aromatic heterocycles. The lowest BCUT2D eigenvalue weighted by atomic mass is 10.0. The van der Waals surface area contributed by atoms with E-state index < -0.39 is 0 Å². The predicted molar refractivity (Wildman–Crippen MR) is 103 cm³/mol. The Balaban J connectivity index is 1.73. The van der Waals surface area contributed by atoms with Crippen LogP contribution >= 0.6 is 0 Å². The molecule has 0 spiro atoms. The van der Waals surface area contributed by atoms with Crippen LogP contribution in [-0.4, -0.2) is 52.0 Å². The molecule has 1 N–H and O–H groups in total. The van der Waals surface area contributed by atoms with Crippen molar-refractivity contribution in [3.63, 3.8) is 0 Å². The minimum absolute atomic E-state index is 0.290. The Hall–Kier alpha value is -2.08. The maximum atomic E-state index is 5.75. The second-order valence-corrected chi connectivity index (χ2v) is 6.42. The van der Waals surface area contributed by atoms with Crippen molar-refractivity contribution in [3.05, 3.63) is 59.7 Å². The Kier molecular flexibility index (Phi) is 6.89. The van der Waals surface area contributed by atoms with Crippen LogP contribution in [0.2, 0.25) is 0 Å². The Morgan fingerprint density at radius 3 is 2.81 bits per heavy atom. The van der Waals surface area contributed by atoms with Gasteiger partial charge in [0.05, 0.1) is 19.8 Å². The van der Waals surface area contributed by atoms with Crippen molar-refractivity contribution in [2.24, 2.45) is 0 Å². The highest BCUT2D eigenvalue weighted by Crippen LogP contribution is 2.31. The number of nitrogens with one attached hydrogen (secondary N) is 1. The summed E-state index contributed by atoms with van der Waals surface area (Å²) in [5.74, 6) is 1.84. The fourth-order valence-electron chi connectivity index (χ4n) is 3.39. The van der Waals surface area contributed by atoms with Gasteiger partial charge in [0.25, 0.3) is 0 Å². The fourth-order valence-corrected chi connectivity index (χ4v) is 3.39. The third kappa shape index (κ3) is 4.75. The highest BCUT2D eigenvalue weighted by molar-refractivity contribution is 5.37. The van der Waals surface area contributed by atoms with Crippen molar-refractivity contribution < 1.29 is 14.2 Å². The van der Waals surface area contributed by atoms with Crippen LogP contribution in [0, 0.1) is 0 Å². The van der Waals surface area contributed by atoms with Gasteiger partial charge in [0.15, 0.2) is 0 Å². The maximum absolute atomic E-state index is 5.75. The van der Waals surface area contributed by atoms with E-state index in [1.807, 2.05) is 18.2 Å². The second kappa shape index (κ2) is 9.57. The summed E-state index contributed by atoms with van der Waals surface area (Å²) in [7, 11) is 3.42. The van der Waals surface area contributed by atoms with Crippen LogP contribution in [0.25, 0.3) is 0 Å². The molecular formula is C21H28N2O3. The summed E-state index contributed by atoms with van der Waals surface area (Å²) in [6, 6.07) is 16.9. The first kappa shape index (κ1) is 18.7. The first-order valence-electron chi connectivity index (χ1n) is 9.10. The summed E-state index contributed by atoms with van der Waals surface area (Å²) >= 11 is 0. The van der Waals surface area contributed by atoms with E-state index in [1.54, 1.807) is 14.2 Å². The van der Waals surface area contributed by atoms with Crippen LogP contribution in [0.5, 0.6) is 11.5 Å². The van der Waals surface area contributed by atoms with Crippen LogP contribution in [0.15, 0.2) is 48.5 Å². The van der Waals surface area contributed by atoms with Crippen LogP contribution in [-0.2, 0) is 11.3 Å². The molecule has 1 heterocycles. The van der Waals surface area contributed by atoms with Crippen molar-refractivity contribution in [1.29, 1.82) is 0 Å². The zero-order chi connectivity index (χ0) is 18.2. The van der Waals surface area contributed by atoms with E-state index in [-0.39, 0.29) is 6.04 Å². The van der Waals surface area contributed by atoms with Crippen LogP contribution in [0.4, 0.5) is 0 Å². The summed E-state index contributed by atoms with van der Waals surface area (Å²) in [6.07, 6.45) is 0. The minimum Gasteiger partial charge on any atom is -0.496 e. The molecule has 1 aliphatic heterocycles. The average Bonchev–Trinajstić information content (AvgIpc) is 2.69. The molecule has 2 aromatic rings. The van der Waals surface area contributed by atoms with Gasteiger partial charge in [-0.05, 0) is 23.8 Å². The van der Waals surface area contributed by atoms with E-state index in [0.29, 0.717) is 13.2 Å². The number of benzene rings is 2. The van der Waals surface area contributed by atoms with E-state index in [4.69, 9.17) is 14.2 Å². The monoisotopic (exact) mass is 356 g/mol. The molecule has 3 rings (SSSR count). The first-order chi connectivity index (χ1) is 12.8. The zero-order valence-electron chi connectivity index (χ0n) is 15.6. The molecule has 2 aromatic carbocycles. The topological polar surface area (TPSA) is 43.0 Å². The van der Waals surface area contributed by atoms with Gasteiger partial charge in [0, 0.05) is 38.9 Å². The van der Waals surface area contributed by atoms with Gasteiger partial charge in [-0.2, -0.15) is 0 Å². The van der Waals surface area contributed by atoms with Crippen LogP contribution < -0.4 is 14.8 Å². The van der Waals surface area contributed by atoms with Gasteiger partial charge in [0.1, 0.15) is 18.1 Å². The summed E-state index contributed by atoms with van der Waals surface area (Å²) in [4.78, 5) is 2.50. The SMILES string of the molecule is COCCOc1cccc(CN2CCNCC2c2ccccc2OC)c1. The molecule has 1 unspecified atom stereocenters. The molecule has 0 saturated carbocycles. The first-order valence-corrected chi connectivity index (χ1v) is 9.10. The molecular weight excluding hydrogens is 328 g/mol. The molecule has 1 atom stereocenters. The molecule has 0 amide bonds. The van der Waals surface area contributed by atoms with Gasteiger partial charge in [-0.1, -0.05) is 30.3 Å². The number of hydrogen-bond donors (Lipinski definition) is 1. The third-order valence-electron chi connectivity index (χ3n) is 4.69. The molecule has 1 saturated heterocycles. The molecule has 0 aliphatic carbocycles. The summed E-state index contributed by atoms with van der Waals surface area (Å²) in [5, 5.41) is 3.51. The molecule has 26 heavy (non-hydrogen) atoms. The van der Waals surface area contributed by atoms with Gasteiger partial charge in [-0.3, -0.25) is 4.90 Å². The minimum atomic E-state index is 0.290. The predicted octanol–water partition coefficient (Wildman–Crippen LogP) is 2.87. The van der Waals surface area contributed by atoms with E-state index in [0.717, 1.165) is 37.7 Å². The molecule has 1 fully saturated rings. The smallest absolute Gasteiger partial charge is 0.123 e. The number of para-hydroxylation sites is 1. The number of ether oxygens (including phenoxy) is 3. The van der Waals surface area contributed by atoms with Gasteiger partial charge in [-0.25, -0.2) is 0 Å². The van der Waals surface area contributed by atoms with Crippen molar-refractivity contribution in [2.75, 3.05) is 47.1 Å². The Bertz CT molecular complexity index is 692. The molecule has 5 heteroatoms. The highest BCUT2D eigenvalue weighted by Gasteiger charge is 2.26. The quantitative estimate of drug-likeness (QED) is 0.737. The van der Waals surface area contributed by atoms with Gasteiger partial charge < -0.3 is 19.5 Å². The highest BCUT2D eigenvalue weighted by atomic mass is 16.5. The standard InChI is InChI=1S/C21H28N2O3/c1-24-12-13-26-18-7-5-6-17(14-18)16-23-11-10-22-15-20(23)19-8-3-4-9-21(19)25-2/h3-9,14,20,22H,10-13,15-16H2,1-2H3. The molecule has 1 aliphatic rings. The lowest BCUT2D eigenvalue weighted by Gasteiger charge is -2.37. The lowest BCUT2D eigenvalue weighted by Crippen LogP contribution is -2.45. The number of piperazine rings is 1. The Morgan fingerprint density at radius 1 is 1.08 bits per heavy atom. The normalized spacial score (nSPS) is 17.8. The van der Waals surface area contributed by atoms with Gasteiger partial charge >= 0.3 is 0 Å². The summed E-state index contributed by atoms with van der Waals surface area (Å²) < 4.78 is 16.4. The number of nitrogens with zero attached hydrogens (tertiary/aromatic N) is 1. The van der Waals surface area contributed by atoms with Gasteiger partial charge in [-0.15, -0.1) is 0 Å². The van der Waals surface area contributed by atoms with Crippen molar-refractivity contribution in [2.45, 2.75) is 12.6 Å². The molecule has 5 nitrogen and oxygen atoms in total. The third-order valence-corrected chi connectivity index (χ3v) is 4.69. The van der Waals surface area contributed by atoms with Crippen molar-refractivity contribution in [3.8, 4) is 11.5 Å². The molecule has 0 radical (unpaired) electrons. The lowest BCUT2D eigenvalue weighted by molar-refractivity contribution is 0.144. The van der Waals surface area contributed by atoms with Crippen LogP contribution in [0.3, 0.4) is 0 Å². The fraction of sp³-hybridized carbons (Fsp3) is 0.429. The number of rotatable bonds is 8. The summed E-state index contributed by atoms with van der Waals surface area (Å²) in [5.41, 5.74) is 2.48. The second-order valence-electron chi connectivity index (χ2n) is 6.42. The molecule has 140 valence electrons. The van der Waals surface area contributed by atoms with E-state index in [2.05, 4.69) is 40.5 Å². The summed E-state index contributed by atoms with van der Waals surface area (Å²) in [6.45, 7) is 4.96. The van der Waals surface area contributed by atoms with Crippen LogP contribution in [0.1, 0.15) is 17.2 Å². The Morgan fingerprint density at radius 2 is 1.96 bits per heavy atom. The Labute approximate surface area is 155 Å². The zero-order valence-corrected chi connectivity index (χ0v) is 15.6. The molecule has 0 bridgehead atoms. The van der Waals surface area contributed by atoms with Crippen molar-refractivity contribution in [1.82, 2.24) is 10.2 Å². The number of hydrogen-bond acceptors (Lipinski definition) is 5. The maximum Gasteiger partial charge on any atom is 0.123 e. The number of methoxy groups -OCH3 is 2. The van der Waals surface area contributed by atoms with E-state index >= 15 is 0 Å². The van der Waals surface area contributed by atoms with E-state index in [1.165, 1.54) is 11.1 Å².